The molecule has 0 aliphatic heterocycles. The highest BCUT2D eigenvalue weighted by Crippen LogP contribution is 2.16. The van der Waals surface area contributed by atoms with Crippen molar-refractivity contribution in [3.63, 3.8) is 0 Å². The average Bonchev–Trinajstić information content (AvgIpc) is 2.05. The fourth-order valence-corrected chi connectivity index (χ4v) is 0.718. The van der Waals surface area contributed by atoms with E-state index in [1.54, 1.807) is 19.2 Å². The molecular weight excluding hydrogens is 144 g/mol. The second-order valence-corrected chi connectivity index (χ2v) is 1.99. The largest absolute Gasteiger partial charge is 0.594 e. The monoisotopic (exact) mass is 152 g/mol. The molecule has 11 heavy (non-hydrogen) atoms. The van der Waals surface area contributed by atoms with Gasteiger partial charge in [0.15, 0.2) is 0 Å². The fraction of sp³-hybridized carbons (Fsp3) is 0.143. The Kier molecular flexibility index (Phi) is 2.06. The Morgan fingerprint density at radius 1 is 1.36 bits per heavy atom. The van der Waals surface area contributed by atoms with Gasteiger partial charge >= 0.3 is 0 Å². The summed E-state index contributed by atoms with van der Waals surface area (Å²) < 4.78 is 4.87. The van der Waals surface area contributed by atoms with Crippen LogP contribution in [-0.2, 0) is 0 Å². The molecule has 0 fully saturated rings. The van der Waals surface area contributed by atoms with Crippen LogP contribution < -0.4 is 4.74 Å². The van der Waals surface area contributed by atoms with Crippen LogP contribution >= 0.6 is 0 Å². The minimum Gasteiger partial charge on any atom is -0.594 e. The zero-order chi connectivity index (χ0) is 8.27. The van der Waals surface area contributed by atoms with E-state index in [-0.39, 0.29) is 4.86 Å². The molecule has 1 N–H and O–H groups in total. The van der Waals surface area contributed by atoms with E-state index >= 15 is 0 Å². The van der Waals surface area contributed by atoms with Gasteiger partial charge in [0.2, 0.25) is 5.69 Å². The van der Waals surface area contributed by atoms with Crippen molar-refractivity contribution in [2.45, 2.75) is 0 Å². The average molecular weight is 152 g/mol. The molecule has 0 radical (unpaired) electrons. The minimum atomic E-state index is 0.0550. The molecule has 0 saturated carbocycles. The molecule has 1 rings (SSSR count). The van der Waals surface area contributed by atoms with Crippen molar-refractivity contribution in [1.82, 2.24) is 0 Å². The lowest BCUT2D eigenvalue weighted by molar-refractivity contribution is -0.465. The van der Waals surface area contributed by atoms with Gasteiger partial charge in [-0.25, -0.2) is 0 Å². The highest BCUT2D eigenvalue weighted by Gasteiger charge is 1.99. The van der Waals surface area contributed by atoms with Gasteiger partial charge in [0.1, 0.15) is 5.75 Å². The summed E-state index contributed by atoms with van der Waals surface area (Å²) in [7, 11) is 1.55. The predicted octanol–water partition coefficient (Wildman–Crippen LogP) is 1.87. The van der Waals surface area contributed by atoms with E-state index in [0.717, 1.165) is 0 Å². The number of hydrogen-bond acceptors (Lipinski definition) is 3. The lowest BCUT2D eigenvalue weighted by Gasteiger charge is -1.98. The number of ether oxygens (including phenoxy) is 1. The Bertz CT molecular complexity index is 256. The predicted molar refractivity (Wildman–Crippen MR) is 39.0 cm³/mol. The van der Waals surface area contributed by atoms with E-state index in [2.05, 4.69) is 0 Å². The van der Waals surface area contributed by atoms with Gasteiger partial charge in [-0.3, -0.25) is 0 Å². The normalized spacial score (nSPS) is 9.18. The summed E-state index contributed by atoms with van der Waals surface area (Å²) in [5.41, 5.74) is 6.98. The van der Waals surface area contributed by atoms with Crippen LogP contribution in [0.1, 0.15) is 0 Å². The first-order valence-electron chi connectivity index (χ1n) is 3.06. The Morgan fingerprint density at radius 2 is 1.91 bits per heavy atom. The van der Waals surface area contributed by atoms with E-state index in [1.807, 2.05) is 0 Å². The van der Waals surface area contributed by atoms with E-state index in [4.69, 9.17) is 10.3 Å². The van der Waals surface area contributed by atoms with E-state index in [1.165, 1.54) is 12.1 Å². The highest BCUT2D eigenvalue weighted by molar-refractivity contribution is 5.35. The molecule has 0 aromatic heterocycles. The van der Waals surface area contributed by atoms with Crippen LogP contribution in [-0.4, -0.2) is 12.0 Å². The van der Waals surface area contributed by atoms with Crippen LogP contribution in [0.3, 0.4) is 0 Å². The van der Waals surface area contributed by atoms with Crippen LogP contribution in [0.5, 0.6) is 5.75 Å². The fourth-order valence-electron chi connectivity index (χ4n) is 0.718. The molecule has 0 aliphatic rings. The molecule has 0 aliphatic carbocycles. The van der Waals surface area contributed by atoms with Crippen molar-refractivity contribution in [2.24, 2.45) is 0 Å². The van der Waals surface area contributed by atoms with Crippen LogP contribution in [0, 0.1) is 10.7 Å². The third-order valence-corrected chi connectivity index (χ3v) is 1.31. The lowest BCUT2D eigenvalue weighted by atomic mass is 10.3. The summed E-state index contributed by atoms with van der Waals surface area (Å²) in [6.45, 7) is 0. The van der Waals surface area contributed by atoms with Gasteiger partial charge in [0, 0.05) is 12.1 Å². The third-order valence-electron chi connectivity index (χ3n) is 1.31. The van der Waals surface area contributed by atoms with Gasteiger partial charge in [-0.1, -0.05) is 4.86 Å². The van der Waals surface area contributed by atoms with Crippen molar-refractivity contribution < 1.29 is 9.60 Å². The second kappa shape index (κ2) is 3.01. The maximum Gasteiger partial charge on any atom is 0.244 e. The summed E-state index contributed by atoms with van der Waals surface area (Å²) in [6.07, 6.45) is 0. The molecule has 0 spiro atoms. The topological polar surface area (TPSA) is 59.2 Å². The molecule has 0 amide bonds. The molecule has 4 nitrogen and oxygen atoms in total. The Balaban J connectivity index is 2.91. The Labute approximate surface area is 64.1 Å². The van der Waals surface area contributed by atoms with E-state index < -0.39 is 0 Å². The van der Waals surface area contributed by atoms with Gasteiger partial charge in [-0.05, 0) is 17.7 Å². The van der Waals surface area contributed by atoms with Gasteiger partial charge in [0.05, 0.1) is 7.11 Å². The number of benzene rings is 1. The first-order valence-corrected chi connectivity index (χ1v) is 3.06. The molecule has 4 heteroatoms. The quantitative estimate of drug-likeness (QED) is 0.399. The molecule has 0 atom stereocenters. The van der Waals surface area contributed by atoms with Crippen LogP contribution in [0.4, 0.5) is 5.69 Å². The van der Waals surface area contributed by atoms with E-state index in [9.17, 15) is 5.21 Å². The van der Waals surface area contributed by atoms with Crippen LogP contribution in [0.15, 0.2) is 24.3 Å². The molecule has 0 heterocycles. The second-order valence-electron chi connectivity index (χ2n) is 1.99. The summed E-state index contributed by atoms with van der Waals surface area (Å²) in [4.78, 5) is 0.0550. The number of methoxy groups -OCH3 is 1. The first kappa shape index (κ1) is 7.53. The maximum absolute atomic E-state index is 10.4. The molecule has 1 aromatic rings. The zero-order valence-electron chi connectivity index (χ0n) is 6.07. The number of nitrogens with zero attached hydrogens (tertiary/aromatic N) is 1. The molecule has 58 valence electrons. The zero-order valence-corrected chi connectivity index (χ0v) is 6.07. The SMILES string of the molecule is COc1ccc([N+](=N)[O-])cc1. The summed E-state index contributed by atoms with van der Waals surface area (Å²) in [5, 5.41) is 10.4. The van der Waals surface area contributed by atoms with Crippen LogP contribution in [0.2, 0.25) is 0 Å². The lowest BCUT2D eigenvalue weighted by Crippen LogP contribution is -1.87. The van der Waals surface area contributed by atoms with Crippen molar-refractivity contribution in [2.75, 3.05) is 7.11 Å². The van der Waals surface area contributed by atoms with Crippen molar-refractivity contribution in [3.05, 3.63) is 29.5 Å². The van der Waals surface area contributed by atoms with Gasteiger partial charge < -0.3 is 9.94 Å². The molecule has 1 aromatic carbocycles. The number of nitrogens with one attached hydrogen (secondary N) is 1. The van der Waals surface area contributed by atoms with Crippen molar-refractivity contribution in [3.8, 4) is 5.75 Å². The molecular formula is C7H8N2O2. The van der Waals surface area contributed by atoms with Gasteiger partial charge in [-0.2, -0.15) is 0 Å². The van der Waals surface area contributed by atoms with Gasteiger partial charge in [-0.15, -0.1) is 0 Å². The van der Waals surface area contributed by atoms with Crippen molar-refractivity contribution >= 4 is 5.69 Å². The summed E-state index contributed by atoms with van der Waals surface area (Å²) in [6, 6.07) is 6.32. The van der Waals surface area contributed by atoms with Crippen LogP contribution in [0.25, 0.3) is 0 Å². The third kappa shape index (κ3) is 1.67. The number of rotatable bonds is 2. The molecule has 0 unspecified atom stereocenters. The summed E-state index contributed by atoms with van der Waals surface area (Å²) >= 11 is 0. The Hall–Kier alpha value is -1.58. The number of hydrogen-bond donors (Lipinski definition) is 1. The maximum atomic E-state index is 10.4. The van der Waals surface area contributed by atoms with E-state index in [0.29, 0.717) is 11.4 Å². The smallest absolute Gasteiger partial charge is 0.244 e. The molecule has 0 saturated heterocycles. The van der Waals surface area contributed by atoms with Gasteiger partial charge in [0.25, 0.3) is 0 Å². The van der Waals surface area contributed by atoms with Crippen molar-refractivity contribution in [1.29, 1.82) is 5.53 Å². The molecule has 0 bridgehead atoms. The highest BCUT2D eigenvalue weighted by atomic mass is 16.5. The first-order chi connectivity index (χ1) is 5.24. The summed E-state index contributed by atoms with van der Waals surface area (Å²) in [5.74, 6) is 0.676. The Morgan fingerprint density at radius 3 is 2.27 bits per heavy atom. The minimum absolute atomic E-state index is 0.0550. The standard InChI is InChI=1S/C7H8N2O2/c1-11-7-4-2-6(3-5-7)9(8)10/h2-5,8H,1H3.